The predicted molar refractivity (Wildman–Crippen MR) is 128 cm³/mol. The van der Waals surface area contributed by atoms with Crippen LogP contribution in [-0.4, -0.2) is 40.4 Å². The van der Waals surface area contributed by atoms with E-state index in [2.05, 4.69) is 10.6 Å². The molecule has 8 nitrogen and oxygen atoms in total. The Bertz CT molecular complexity index is 1160. The zero-order valence-electron chi connectivity index (χ0n) is 18.6. The van der Waals surface area contributed by atoms with Crippen LogP contribution in [0.15, 0.2) is 102 Å². The number of imide groups is 1. The quantitative estimate of drug-likeness (QED) is 0.311. The number of urea groups is 1. The van der Waals surface area contributed by atoms with Gasteiger partial charge in [-0.05, 0) is 42.7 Å². The van der Waals surface area contributed by atoms with Crippen molar-refractivity contribution in [3.8, 4) is 0 Å². The van der Waals surface area contributed by atoms with Gasteiger partial charge in [-0.1, -0.05) is 60.7 Å². The first kappa shape index (κ1) is 24.2. The summed E-state index contributed by atoms with van der Waals surface area (Å²) in [5, 5.41) is 13.9. The van der Waals surface area contributed by atoms with E-state index in [9.17, 15) is 19.2 Å². The largest absolute Gasteiger partial charge is 0.478 e. The van der Waals surface area contributed by atoms with Gasteiger partial charge in [-0.25, -0.2) is 14.5 Å². The van der Waals surface area contributed by atoms with Crippen LogP contribution < -0.4 is 10.6 Å². The molecule has 1 aromatic rings. The van der Waals surface area contributed by atoms with Crippen molar-refractivity contribution in [3.05, 3.63) is 102 Å². The number of amides is 4. The zero-order chi connectivity index (χ0) is 24.5. The van der Waals surface area contributed by atoms with Crippen molar-refractivity contribution in [3.63, 3.8) is 0 Å². The summed E-state index contributed by atoms with van der Waals surface area (Å²) >= 11 is 0. The van der Waals surface area contributed by atoms with Gasteiger partial charge in [0.15, 0.2) is 0 Å². The van der Waals surface area contributed by atoms with E-state index >= 15 is 0 Å². The minimum Gasteiger partial charge on any atom is -0.478 e. The number of para-hydroxylation sites is 1. The highest BCUT2D eigenvalue weighted by atomic mass is 16.4. The van der Waals surface area contributed by atoms with Gasteiger partial charge in [0, 0.05) is 17.7 Å². The molecule has 1 unspecified atom stereocenters. The number of nitrogens with zero attached hydrogens (tertiary/aromatic N) is 1. The Kier molecular flexibility index (Phi) is 8.12. The lowest BCUT2D eigenvalue weighted by Crippen LogP contribution is -2.38. The molecule has 3 N–H and O–H groups in total. The summed E-state index contributed by atoms with van der Waals surface area (Å²) < 4.78 is 0. The second-order valence-corrected chi connectivity index (χ2v) is 7.56. The van der Waals surface area contributed by atoms with Crippen LogP contribution in [-0.2, 0) is 14.4 Å². The average molecular weight is 460 g/mol. The van der Waals surface area contributed by atoms with Crippen molar-refractivity contribution in [1.82, 2.24) is 10.2 Å². The third-order valence-corrected chi connectivity index (χ3v) is 5.12. The molecule has 0 spiro atoms. The zero-order valence-corrected chi connectivity index (χ0v) is 18.6. The Labute approximate surface area is 197 Å². The molecule has 0 bridgehead atoms. The molecule has 1 fully saturated rings. The Morgan fingerprint density at radius 1 is 1.18 bits per heavy atom. The van der Waals surface area contributed by atoms with Crippen LogP contribution in [0.3, 0.4) is 0 Å². The van der Waals surface area contributed by atoms with E-state index in [0.29, 0.717) is 12.1 Å². The number of aliphatic carboxylic acids is 1. The Morgan fingerprint density at radius 2 is 1.91 bits per heavy atom. The van der Waals surface area contributed by atoms with Crippen LogP contribution >= 0.6 is 0 Å². The molecule has 1 saturated heterocycles. The summed E-state index contributed by atoms with van der Waals surface area (Å²) in [4.78, 5) is 48.8. The van der Waals surface area contributed by atoms with E-state index in [1.54, 1.807) is 36.4 Å². The van der Waals surface area contributed by atoms with Crippen LogP contribution in [0.5, 0.6) is 0 Å². The van der Waals surface area contributed by atoms with Gasteiger partial charge < -0.3 is 15.7 Å². The number of rotatable bonds is 8. The second-order valence-electron chi connectivity index (χ2n) is 7.56. The summed E-state index contributed by atoms with van der Waals surface area (Å²) in [5.74, 6) is -2.19. The maximum Gasteiger partial charge on any atom is 0.329 e. The van der Waals surface area contributed by atoms with Gasteiger partial charge in [0.2, 0.25) is 5.91 Å². The number of hydrogen-bond acceptors (Lipinski definition) is 4. The molecule has 1 heterocycles. The van der Waals surface area contributed by atoms with Gasteiger partial charge in [-0.15, -0.1) is 0 Å². The fraction of sp³-hybridized carbons (Fsp3) is 0.154. The Balaban J connectivity index is 1.63. The summed E-state index contributed by atoms with van der Waals surface area (Å²) in [5.41, 5.74) is 2.64. The summed E-state index contributed by atoms with van der Waals surface area (Å²) in [7, 11) is 0. The highest BCUT2D eigenvalue weighted by Crippen LogP contribution is 2.27. The normalized spacial score (nSPS) is 19.7. The molecule has 4 amide bonds. The van der Waals surface area contributed by atoms with Gasteiger partial charge in [-0.2, -0.15) is 0 Å². The molecule has 0 aromatic heterocycles. The van der Waals surface area contributed by atoms with E-state index in [1.165, 1.54) is 6.08 Å². The number of carboxylic acid groups (broad SMARTS) is 1. The van der Waals surface area contributed by atoms with Crippen molar-refractivity contribution in [1.29, 1.82) is 0 Å². The van der Waals surface area contributed by atoms with Gasteiger partial charge in [-0.3, -0.25) is 9.59 Å². The lowest BCUT2D eigenvalue weighted by atomic mass is 9.89. The third-order valence-electron chi connectivity index (χ3n) is 5.12. The summed E-state index contributed by atoms with van der Waals surface area (Å²) in [6.07, 6.45) is 15.9. The molecule has 34 heavy (non-hydrogen) atoms. The number of anilines is 1. The minimum atomic E-state index is -1.02. The fourth-order valence-electron chi connectivity index (χ4n) is 3.53. The van der Waals surface area contributed by atoms with Crippen LogP contribution in [0.4, 0.5) is 10.5 Å². The number of allylic oxidation sites excluding steroid dienone is 10. The number of carboxylic acids is 1. The lowest BCUT2D eigenvalue weighted by Gasteiger charge is -2.17. The first-order valence-electron chi connectivity index (χ1n) is 10.7. The number of carbonyl (C=O) groups excluding carboxylic acids is 3. The number of hydrogen-bond donors (Lipinski definition) is 3. The van der Waals surface area contributed by atoms with Crippen molar-refractivity contribution in [2.75, 3.05) is 11.9 Å². The first-order valence-corrected chi connectivity index (χ1v) is 10.7. The second kappa shape index (κ2) is 11.4. The fourth-order valence-corrected chi connectivity index (χ4v) is 3.53. The maximum atomic E-state index is 12.8. The third kappa shape index (κ3) is 6.52. The molecule has 2 aliphatic rings. The van der Waals surface area contributed by atoms with Crippen LogP contribution in [0.1, 0.15) is 13.3 Å². The van der Waals surface area contributed by atoms with Crippen molar-refractivity contribution in [2.45, 2.75) is 13.3 Å². The molecule has 0 radical (unpaired) electrons. The highest BCUT2D eigenvalue weighted by molar-refractivity contribution is 6.14. The Morgan fingerprint density at radius 3 is 2.62 bits per heavy atom. The SMILES string of the molecule is C\C=C(/C=C\C=C\C(=O)O)C1=CC=CC(/C=C2\NC(=O)N(CC(=O)Nc3ccccc3)C2=O)C1. The molecule has 1 atom stereocenters. The molecule has 1 aliphatic carbocycles. The number of nitrogens with one attached hydrogen (secondary N) is 2. The minimum absolute atomic E-state index is 0.135. The Hall–Kier alpha value is -4.46. The van der Waals surface area contributed by atoms with Crippen molar-refractivity contribution in [2.24, 2.45) is 5.92 Å². The van der Waals surface area contributed by atoms with Crippen LogP contribution in [0.25, 0.3) is 0 Å². The topological polar surface area (TPSA) is 116 Å². The monoisotopic (exact) mass is 459 g/mol. The van der Waals surface area contributed by atoms with E-state index in [1.807, 2.05) is 43.4 Å². The van der Waals surface area contributed by atoms with E-state index in [-0.39, 0.29) is 18.2 Å². The lowest BCUT2D eigenvalue weighted by molar-refractivity contribution is -0.131. The molecule has 3 rings (SSSR count). The maximum absolute atomic E-state index is 12.8. The summed E-state index contributed by atoms with van der Waals surface area (Å²) in [6, 6.07) is 8.14. The number of carbonyl (C=O) groups is 4. The van der Waals surface area contributed by atoms with Gasteiger partial charge in [0.1, 0.15) is 12.2 Å². The number of benzene rings is 1. The standard InChI is InChI=1S/C26H25N3O5/c1-2-19(10-6-7-14-24(31)32)20-11-8-9-18(15-20)16-22-25(33)29(26(34)28-22)17-23(30)27-21-12-4-3-5-13-21/h2-14,16,18H,15,17H2,1H3,(H,27,30)(H,28,34)(H,31,32)/b10-6-,14-7+,19-2+,22-16-. The van der Waals surface area contributed by atoms with Crippen molar-refractivity contribution >= 4 is 29.5 Å². The highest BCUT2D eigenvalue weighted by Gasteiger charge is 2.35. The average Bonchev–Trinajstić information content (AvgIpc) is 3.07. The van der Waals surface area contributed by atoms with Gasteiger partial charge in [0.25, 0.3) is 5.91 Å². The molecule has 1 aromatic carbocycles. The molecule has 0 saturated carbocycles. The van der Waals surface area contributed by atoms with Crippen LogP contribution in [0, 0.1) is 5.92 Å². The van der Waals surface area contributed by atoms with E-state index in [4.69, 9.17) is 5.11 Å². The summed E-state index contributed by atoms with van der Waals surface area (Å²) in [6.45, 7) is 1.49. The smallest absolute Gasteiger partial charge is 0.329 e. The molecular formula is C26H25N3O5. The van der Waals surface area contributed by atoms with Crippen LogP contribution in [0.2, 0.25) is 0 Å². The van der Waals surface area contributed by atoms with E-state index < -0.39 is 23.8 Å². The first-order chi connectivity index (χ1) is 16.4. The molecular weight excluding hydrogens is 434 g/mol. The molecule has 1 aliphatic heterocycles. The van der Waals surface area contributed by atoms with Gasteiger partial charge in [0.05, 0.1) is 0 Å². The van der Waals surface area contributed by atoms with E-state index in [0.717, 1.165) is 22.1 Å². The molecule has 8 heteroatoms. The predicted octanol–water partition coefficient (Wildman–Crippen LogP) is 3.71. The molecule has 174 valence electrons. The van der Waals surface area contributed by atoms with Gasteiger partial charge >= 0.3 is 12.0 Å². The van der Waals surface area contributed by atoms with Crippen molar-refractivity contribution < 1.29 is 24.3 Å².